The Kier molecular flexibility index (Phi) is 3.85. The molecule has 0 aliphatic heterocycles. The lowest BCUT2D eigenvalue weighted by atomic mass is 9.96. The van der Waals surface area contributed by atoms with Crippen LogP contribution in [0.25, 0.3) is 0 Å². The predicted molar refractivity (Wildman–Crippen MR) is 71.6 cm³/mol. The second-order valence-corrected chi connectivity index (χ2v) is 4.33. The monoisotopic (exact) mass is 240 g/mol. The third-order valence-corrected chi connectivity index (χ3v) is 3.00. The maximum atomic E-state index is 12.2. The molecular formula is C15H16N2O. The van der Waals surface area contributed by atoms with Gasteiger partial charge >= 0.3 is 0 Å². The molecule has 3 nitrogen and oxygen atoms in total. The smallest absolute Gasteiger partial charge is 0.194 e. The quantitative estimate of drug-likeness (QED) is 0.835. The van der Waals surface area contributed by atoms with Gasteiger partial charge in [-0.3, -0.25) is 9.78 Å². The zero-order valence-corrected chi connectivity index (χ0v) is 10.3. The fraction of sp³-hybridized carbons (Fsp3) is 0.200. The van der Waals surface area contributed by atoms with Crippen LogP contribution in [0.3, 0.4) is 0 Å². The van der Waals surface area contributed by atoms with E-state index in [0.717, 1.165) is 5.56 Å². The number of rotatable bonds is 4. The first-order chi connectivity index (χ1) is 8.72. The normalized spacial score (nSPS) is 12.1. The van der Waals surface area contributed by atoms with Crippen LogP contribution in [0, 0.1) is 0 Å². The molecule has 18 heavy (non-hydrogen) atoms. The first kappa shape index (κ1) is 12.5. The van der Waals surface area contributed by atoms with Crippen molar-refractivity contribution in [2.75, 3.05) is 6.54 Å². The van der Waals surface area contributed by atoms with Crippen molar-refractivity contribution in [3.63, 3.8) is 0 Å². The summed E-state index contributed by atoms with van der Waals surface area (Å²) >= 11 is 0. The van der Waals surface area contributed by atoms with Gasteiger partial charge in [-0.25, -0.2) is 0 Å². The average Bonchev–Trinajstić information content (AvgIpc) is 2.46. The molecule has 2 N–H and O–H groups in total. The number of aromatic nitrogens is 1. The van der Waals surface area contributed by atoms with E-state index in [1.165, 1.54) is 0 Å². The fourth-order valence-corrected chi connectivity index (χ4v) is 1.79. The summed E-state index contributed by atoms with van der Waals surface area (Å²) in [6.45, 7) is 2.62. The van der Waals surface area contributed by atoms with Crippen LogP contribution >= 0.6 is 0 Å². The van der Waals surface area contributed by atoms with Gasteiger partial charge in [0.1, 0.15) is 0 Å². The number of hydrogen-bond acceptors (Lipinski definition) is 3. The largest absolute Gasteiger partial charge is 0.330 e. The molecule has 0 bridgehead atoms. The first-order valence-electron chi connectivity index (χ1n) is 5.97. The number of nitrogens with zero attached hydrogens (tertiary/aromatic N) is 1. The molecule has 0 amide bonds. The molecular weight excluding hydrogens is 224 g/mol. The zero-order valence-electron chi connectivity index (χ0n) is 10.3. The molecule has 2 rings (SSSR count). The van der Waals surface area contributed by atoms with Gasteiger partial charge in [0.05, 0.1) is 0 Å². The average molecular weight is 240 g/mol. The zero-order chi connectivity index (χ0) is 13.0. The van der Waals surface area contributed by atoms with Gasteiger partial charge in [-0.15, -0.1) is 0 Å². The Morgan fingerprint density at radius 3 is 2.72 bits per heavy atom. The third kappa shape index (κ3) is 2.63. The first-order valence-corrected chi connectivity index (χ1v) is 5.97. The lowest BCUT2D eigenvalue weighted by Gasteiger charge is -2.10. The van der Waals surface area contributed by atoms with E-state index < -0.39 is 0 Å². The molecule has 0 aliphatic carbocycles. The summed E-state index contributed by atoms with van der Waals surface area (Å²) in [7, 11) is 0. The summed E-state index contributed by atoms with van der Waals surface area (Å²) in [6, 6.07) is 11.2. The predicted octanol–water partition coefficient (Wildman–Crippen LogP) is 2.37. The van der Waals surface area contributed by atoms with Gasteiger partial charge in [-0.05, 0) is 36.2 Å². The van der Waals surface area contributed by atoms with Crippen molar-refractivity contribution in [3.05, 3.63) is 65.5 Å². The number of nitrogens with two attached hydrogens (primary N) is 1. The van der Waals surface area contributed by atoms with E-state index in [1.807, 2.05) is 31.2 Å². The van der Waals surface area contributed by atoms with Crippen molar-refractivity contribution in [2.24, 2.45) is 5.73 Å². The summed E-state index contributed by atoms with van der Waals surface area (Å²) in [5, 5.41) is 0. The van der Waals surface area contributed by atoms with Crippen LogP contribution in [0.15, 0.2) is 48.8 Å². The highest BCUT2D eigenvalue weighted by Gasteiger charge is 2.11. The Morgan fingerprint density at radius 1 is 1.28 bits per heavy atom. The minimum Gasteiger partial charge on any atom is -0.330 e. The van der Waals surface area contributed by atoms with Crippen LogP contribution in [0.2, 0.25) is 0 Å². The molecule has 0 saturated carbocycles. The molecule has 0 aliphatic rings. The molecule has 2 aromatic rings. The second-order valence-electron chi connectivity index (χ2n) is 4.33. The fourth-order valence-electron chi connectivity index (χ4n) is 1.79. The highest BCUT2D eigenvalue weighted by atomic mass is 16.1. The summed E-state index contributed by atoms with van der Waals surface area (Å²) < 4.78 is 0. The molecule has 0 fully saturated rings. The van der Waals surface area contributed by atoms with Gasteiger partial charge in [-0.1, -0.05) is 25.1 Å². The number of carbonyl (C=O) groups excluding carboxylic acids is 1. The van der Waals surface area contributed by atoms with Crippen molar-refractivity contribution >= 4 is 5.78 Å². The van der Waals surface area contributed by atoms with Gasteiger partial charge in [-0.2, -0.15) is 0 Å². The van der Waals surface area contributed by atoms with Gasteiger partial charge in [0.15, 0.2) is 5.78 Å². The Balaban J connectivity index is 2.32. The number of ketones is 1. The second kappa shape index (κ2) is 5.56. The summed E-state index contributed by atoms with van der Waals surface area (Å²) in [5.41, 5.74) is 8.02. The van der Waals surface area contributed by atoms with Gasteiger partial charge in [0, 0.05) is 23.5 Å². The number of benzene rings is 1. The highest BCUT2D eigenvalue weighted by molar-refractivity contribution is 6.08. The number of pyridine rings is 1. The minimum atomic E-state index is -0.00540. The van der Waals surface area contributed by atoms with Gasteiger partial charge in [0.25, 0.3) is 0 Å². The van der Waals surface area contributed by atoms with Crippen LogP contribution < -0.4 is 5.73 Å². The Labute approximate surface area is 107 Å². The highest BCUT2D eigenvalue weighted by Crippen LogP contribution is 2.17. The summed E-state index contributed by atoms with van der Waals surface area (Å²) in [6.07, 6.45) is 3.24. The molecule has 92 valence electrons. The standard InChI is InChI=1S/C15H16N2O/c1-11(9-16)12-4-2-5-13(8-12)15(18)14-6-3-7-17-10-14/h2-8,10-11H,9,16H2,1H3. The van der Waals surface area contributed by atoms with E-state index in [1.54, 1.807) is 24.5 Å². The maximum Gasteiger partial charge on any atom is 0.194 e. The number of hydrogen-bond donors (Lipinski definition) is 1. The molecule has 1 atom stereocenters. The molecule has 0 spiro atoms. The molecule has 1 unspecified atom stereocenters. The van der Waals surface area contributed by atoms with Crippen LogP contribution in [0.5, 0.6) is 0 Å². The maximum absolute atomic E-state index is 12.2. The molecule has 1 heterocycles. The SMILES string of the molecule is CC(CN)c1cccc(C(=O)c2cccnc2)c1. The molecule has 3 heteroatoms. The van der Waals surface area contributed by atoms with E-state index in [2.05, 4.69) is 4.98 Å². The lowest BCUT2D eigenvalue weighted by Crippen LogP contribution is -2.10. The van der Waals surface area contributed by atoms with E-state index in [0.29, 0.717) is 17.7 Å². The topological polar surface area (TPSA) is 56.0 Å². The van der Waals surface area contributed by atoms with Gasteiger partial charge in [0.2, 0.25) is 0 Å². The third-order valence-electron chi connectivity index (χ3n) is 3.00. The van der Waals surface area contributed by atoms with Crippen LogP contribution in [-0.4, -0.2) is 17.3 Å². The van der Waals surface area contributed by atoms with Crippen LogP contribution in [-0.2, 0) is 0 Å². The van der Waals surface area contributed by atoms with Crippen molar-refractivity contribution in [1.82, 2.24) is 4.98 Å². The molecule has 1 aromatic heterocycles. The molecule has 0 saturated heterocycles. The minimum absolute atomic E-state index is 0.00540. The number of carbonyl (C=O) groups is 1. The molecule has 1 aromatic carbocycles. The van der Waals surface area contributed by atoms with E-state index in [9.17, 15) is 4.79 Å². The van der Waals surface area contributed by atoms with Crippen molar-refractivity contribution in [2.45, 2.75) is 12.8 Å². The lowest BCUT2D eigenvalue weighted by molar-refractivity contribution is 0.103. The molecule has 0 radical (unpaired) electrons. The van der Waals surface area contributed by atoms with Gasteiger partial charge < -0.3 is 5.73 Å². The summed E-state index contributed by atoms with van der Waals surface area (Å²) in [5.74, 6) is 0.251. The van der Waals surface area contributed by atoms with Crippen LogP contribution in [0.1, 0.15) is 34.3 Å². The van der Waals surface area contributed by atoms with Crippen molar-refractivity contribution < 1.29 is 4.79 Å². The summed E-state index contributed by atoms with van der Waals surface area (Å²) in [4.78, 5) is 16.2. The van der Waals surface area contributed by atoms with Crippen LogP contribution in [0.4, 0.5) is 0 Å². The Hall–Kier alpha value is -2.00. The Bertz CT molecular complexity index is 537. The van der Waals surface area contributed by atoms with E-state index in [4.69, 9.17) is 5.73 Å². The Morgan fingerprint density at radius 2 is 2.06 bits per heavy atom. The van der Waals surface area contributed by atoms with Crippen molar-refractivity contribution in [3.8, 4) is 0 Å². The van der Waals surface area contributed by atoms with Crippen molar-refractivity contribution in [1.29, 1.82) is 0 Å². The van der Waals surface area contributed by atoms with E-state index >= 15 is 0 Å². The van der Waals surface area contributed by atoms with E-state index in [-0.39, 0.29) is 11.7 Å².